The van der Waals surface area contributed by atoms with Gasteiger partial charge in [-0.1, -0.05) is 18.2 Å². The van der Waals surface area contributed by atoms with E-state index < -0.39 is 5.54 Å². The smallest absolute Gasteiger partial charge is 0.248 e. The first-order valence-corrected chi connectivity index (χ1v) is 6.74. The first-order chi connectivity index (χ1) is 8.55. The van der Waals surface area contributed by atoms with Crippen molar-refractivity contribution in [1.82, 2.24) is 5.32 Å². The van der Waals surface area contributed by atoms with Gasteiger partial charge in [0.05, 0.1) is 11.2 Å². The number of nitrogens with zero attached hydrogens (tertiary/aromatic N) is 1. The molecule has 1 saturated carbocycles. The van der Waals surface area contributed by atoms with Gasteiger partial charge >= 0.3 is 0 Å². The minimum absolute atomic E-state index is 0.151. The van der Waals surface area contributed by atoms with E-state index in [0.717, 1.165) is 18.5 Å². The predicted octanol–water partition coefficient (Wildman–Crippen LogP) is 2.67. The van der Waals surface area contributed by atoms with Crippen LogP contribution < -0.4 is 10.2 Å². The number of carbonyl (C=O) groups excluding carboxylic acids is 1. The zero-order valence-corrected chi connectivity index (χ0v) is 11.1. The highest BCUT2D eigenvalue weighted by molar-refractivity contribution is 6.03. The molecule has 1 saturated heterocycles. The summed E-state index contributed by atoms with van der Waals surface area (Å²) in [5.41, 5.74) is 0.407. The third-order valence-electron chi connectivity index (χ3n) is 4.16. The van der Waals surface area contributed by atoms with Crippen molar-refractivity contribution in [3.05, 3.63) is 30.3 Å². The maximum absolute atomic E-state index is 12.7. The summed E-state index contributed by atoms with van der Waals surface area (Å²) < 4.78 is 0. The fourth-order valence-electron chi connectivity index (χ4n) is 3.41. The Morgan fingerprint density at radius 1 is 1.11 bits per heavy atom. The number of benzene rings is 1. The van der Waals surface area contributed by atoms with Gasteiger partial charge in [0.1, 0.15) is 0 Å². The lowest BCUT2D eigenvalue weighted by molar-refractivity contribution is -0.121. The number of hydrogen-bond acceptors (Lipinski definition) is 2. The van der Waals surface area contributed by atoms with Gasteiger partial charge in [0.15, 0.2) is 0 Å². The molecule has 1 N–H and O–H groups in total. The van der Waals surface area contributed by atoms with Gasteiger partial charge in [0.2, 0.25) is 5.91 Å². The Balaban J connectivity index is 2.07. The Bertz CT molecular complexity index is 461. The zero-order chi connectivity index (χ0) is 12.8. The van der Waals surface area contributed by atoms with E-state index in [1.54, 1.807) is 0 Å². The summed E-state index contributed by atoms with van der Waals surface area (Å²) in [5.74, 6) is 0.190. The molecule has 1 aromatic carbocycles. The first-order valence-electron chi connectivity index (χ1n) is 6.74. The van der Waals surface area contributed by atoms with Crippen LogP contribution in [-0.2, 0) is 4.79 Å². The van der Waals surface area contributed by atoms with E-state index in [-0.39, 0.29) is 11.6 Å². The Hall–Kier alpha value is -1.35. The van der Waals surface area contributed by atoms with E-state index in [1.165, 1.54) is 12.8 Å². The summed E-state index contributed by atoms with van der Waals surface area (Å²) in [5, 5.41) is 3.58. The zero-order valence-electron chi connectivity index (χ0n) is 11.1. The molecule has 18 heavy (non-hydrogen) atoms. The standard InChI is InChI=1S/C15H20N2O/c1-14(2)13(18)17(12-8-4-3-5-9-12)15(16-14)10-6-7-11-15/h3-5,8-9,16H,6-7,10-11H2,1-2H3. The van der Waals surface area contributed by atoms with Gasteiger partial charge in [0, 0.05) is 5.69 Å². The SMILES string of the molecule is CC1(C)NC2(CCCC2)N(c2ccccc2)C1=O. The topological polar surface area (TPSA) is 32.3 Å². The van der Waals surface area contributed by atoms with Crippen molar-refractivity contribution < 1.29 is 4.79 Å². The summed E-state index contributed by atoms with van der Waals surface area (Å²) >= 11 is 0. The number of amides is 1. The Morgan fingerprint density at radius 3 is 2.33 bits per heavy atom. The fraction of sp³-hybridized carbons (Fsp3) is 0.533. The molecule has 3 rings (SSSR count). The monoisotopic (exact) mass is 244 g/mol. The molecule has 0 radical (unpaired) electrons. The van der Waals surface area contributed by atoms with Crippen LogP contribution in [0.25, 0.3) is 0 Å². The van der Waals surface area contributed by atoms with E-state index in [0.29, 0.717) is 0 Å². The van der Waals surface area contributed by atoms with Gasteiger partial charge in [-0.15, -0.1) is 0 Å². The van der Waals surface area contributed by atoms with Crippen LogP contribution in [0.3, 0.4) is 0 Å². The second kappa shape index (κ2) is 3.82. The number of para-hydroxylation sites is 1. The number of nitrogens with one attached hydrogen (secondary N) is 1. The maximum atomic E-state index is 12.7. The van der Waals surface area contributed by atoms with E-state index in [4.69, 9.17) is 0 Å². The molecule has 0 unspecified atom stereocenters. The summed E-state index contributed by atoms with van der Waals surface area (Å²) in [6, 6.07) is 10.0. The van der Waals surface area contributed by atoms with Gasteiger partial charge in [-0.3, -0.25) is 15.0 Å². The predicted molar refractivity (Wildman–Crippen MR) is 72.3 cm³/mol. The lowest BCUT2D eigenvalue weighted by atomic mass is 10.1. The Labute approximate surface area is 108 Å². The minimum atomic E-state index is -0.458. The highest BCUT2D eigenvalue weighted by Gasteiger charge is 2.55. The molecule has 1 heterocycles. The van der Waals surface area contributed by atoms with E-state index in [1.807, 2.05) is 49.1 Å². The molecule has 0 atom stereocenters. The molecule has 3 nitrogen and oxygen atoms in total. The maximum Gasteiger partial charge on any atom is 0.248 e. The molecular weight excluding hydrogens is 224 g/mol. The van der Waals surface area contributed by atoms with Gasteiger partial charge in [-0.2, -0.15) is 0 Å². The minimum Gasteiger partial charge on any atom is -0.292 e. The van der Waals surface area contributed by atoms with Crippen molar-refractivity contribution in [2.45, 2.75) is 50.7 Å². The second-order valence-electron chi connectivity index (χ2n) is 5.96. The van der Waals surface area contributed by atoms with Crippen molar-refractivity contribution in [3.8, 4) is 0 Å². The molecule has 2 fully saturated rings. The van der Waals surface area contributed by atoms with Gasteiger partial charge in [-0.25, -0.2) is 0 Å². The average molecular weight is 244 g/mol. The number of hydrogen-bond donors (Lipinski definition) is 1. The number of anilines is 1. The highest BCUT2D eigenvalue weighted by Crippen LogP contribution is 2.42. The van der Waals surface area contributed by atoms with Gasteiger partial charge in [-0.05, 0) is 51.7 Å². The third kappa shape index (κ3) is 1.57. The van der Waals surface area contributed by atoms with Gasteiger partial charge in [0.25, 0.3) is 0 Å². The summed E-state index contributed by atoms with van der Waals surface area (Å²) in [6.07, 6.45) is 4.49. The van der Waals surface area contributed by atoms with Crippen LogP contribution in [0.15, 0.2) is 30.3 Å². The molecule has 1 aromatic rings. The summed E-state index contributed by atoms with van der Waals surface area (Å²) in [7, 11) is 0. The molecular formula is C15H20N2O. The highest BCUT2D eigenvalue weighted by atomic mass is 16.2. The van der Waals surface area contributed by atoms with Crippen molar-refractivity contribution in [2.75, 3.05) is 4.90 Å². The van der Waals surface area contributed by atoms with Crippen LogP contribution in [0.4, 0.5) is 5.69 Å². The Morgan fingerprint density at radius 2 is 1.72 bits per heavy atom. The largest absolute Gasteiger partial charge is 0.292 e. The van der Waals surface area contributed by atoms with E-state index >= 15 is 0 Å². The number of carbonyl (C=O) groups is 1. The van der Waals surface area contributed by atoms with Crippen LogP contribution in [0, 0.1) is 0 Å². The average Bonchev–Trinajstić information content (AvgIpc) is 2.85. The summed E-state index contributed by atoms with van der Waals surface area (Å²) in [4.78, 5) is 14.7. The molecule has 96 valence electrons. The Kier molecular flexibility index (Phi) is 2.49. The van der Waals surface area contributed by atoms with Crippen molar-refractivity contribution in [1.29, 1.82) is 0 Å². The van der Waals surface area contributed by atoms with Crippen LogP contribution >= 0.6 is 0 Å². The summed E-state index contributed by atoms with van der Waals surface area (Å²) in [6.45, 7) is 3.97. The lowest BCUT2D eigenvalue weighted by Gasteiger charge is -2.34. The van der Waals surface area contributed by atoms with Crippen molar-refractivity contribution in [2.24, 2.45) is 0 Å². The fourth-order valence-corrected chi connectivity index (χ4v) is 3.41. The molecule has 1 spiro atoms. The third-order valence-corrected chi connectivity index (χ3v) is 4.16. The quantitative estimate of drug-likeness (QED) is 0.823. The number of rotatable bonds is 1. The first kappa shape index (κ1) is 11.7. The molecule has 2 aliphatic rings. The molecule has 0 aromatic heterocycles. The van der Waals surface area contributed by atoms with Crippen LogP contribution in [-0.4, -0.2) is 17.1 Å². The van der Waals surface area contributed by atoms with E-state index in [9.17, 15) is 4.79 Å². The normalized spacial score (nSPS) is 25.0. The second-order valence-corrected chi connectivity index (χ2v) is 5.96. The lowest BCUT2D eigenvalue weighted by Crippen LogP contribution is -2.51. The van der Waals surface area contributed by atoms with Crippen molar-refractivity contribution in [3.63, 3.8) is 0 Å². The molecule has 0 bridgehead atoms. The van der Waals surface area contributed by atoms with Crippen molar-refractivity contribution >= 4 is 11.6 Å². The molecule has 1 aliphatic carbocycles. The van der Waals surface area contributed by atoms with Crippen LogP contribution in [0.5, 0.6) is 0 Å². The van der Waals surface area contributed by atoms with Gasteiger partial charge < -0.3 is 0 Å². The van der Waals surface area contributed by atoms with Crippen LogP contribution in [0.2, 0.25) is 0 Å². The molecule has 1 aliphatic heterocycles. The molecule has 3 heteroatoms. The van der Waals surface area contributed by atoms with Crippen LogP contribution in [0.1, 0.15) is 39.5 Å². The van der Waals surface area contributed by atoms with E-state index in [2.05, 4.69) is 5.32 Å². The molecule has 1 amide bonds.